The van der Waals surface area contributed by atoms with E-state index in [9.17, 15) is 9.90 Å². The molecular formula is C13H16ClNO3. The number of rotatable bonds is 3. The third-order valence-corrected chi connectivity index (χ3v) is 3.66. The van der Waals surface area contributed by atoms with Gasteiger partial charge in [-0.05, 0) is 19.1 Å². The first-order valence-corrected chi connectivity index (χ1v) is 6.27. The summed E-state index contributed by atoms with van der Waals surface area (Å²) in [5.41, 5.74) is -0.578. The van der Waals surface area contributed by atoms with E-state index in [4.69, 9.17) is 16.3 Å². The zero-order chi connectivity index (χ0) is 13.2. The summed E-state index contributed by atoms with van der Waals surface area (Å²) >= 11 is 5.93. The molecule has 0 spiro atoms. The molecule has 0 radical (unpaired) electrons. The number of aliphatic hydroxyl groups is 1. The standard InChI is InChI=1S/C13H16ClNO3/c1-9-13(17,6-7-18-9)8-15-12(16)10-4-2-3-5-11(10)14/h2-5,9,17H,6-8H2,1H3,(H,15,16). The molecule has 1 heterocycles. The number of hydrogen-bond acceptors (Lipinski definition) is 3. The van der Waals surface area contributed by atoms with Crippen LogP contribution >= 0.6 is 11.6 Å². The van der Waals surface area contributed by atoms with E-state index in [2.05, 4.69) is 5.32 Å². The van der Waals surface area contributed by atoms with Crippen molar-refractivity contribution in [3.63, 3.8) is 0 Å². The molecule has 2 N–H and O–H groups in total. The number of nitrogens with one attached hydrogen (secondary N) is 1. The van der Waals surface area contributed by atoms with Gasteiger partial charge in [-0.25, -0.2) is 0 Å². The lowest BCUT2D eigenvalue weighted by molar-refractivity contribution is -0.0251. The minimum Gasteiger partial charge on any atom is -0.385 e. The maximum Gasteiger partial charge on any atom is 0.252 e. The molecule has 1 fully saturated rings. The van der Waals surface area contributed by atoms with Crippen LogP contribution in [-0.2, 0) is 4.74 Å². The Kier molecular flexibility index (Phi) is 3.90. The smallest absolute Gasteiger partial charge is 0.252 e. The van der Waals surface area contributed by atoms with Crippen LogP contribution in [0.4, 0.5) is 0 Å². The molecule has 2 atom stereocenters. The number of amides is 1. The highest BCUT2D eigenvalue weighted by Crippen LogP contribution is 2.25. The van der Waals surface area contributed by atoms with Gasteiger partial charge in [0, 0.05) is 19.6 Å². The first-order chi connectivity index (χ1) is 8.53. The SMILES string of the molecule is CC1OCCC1(O)CNC(=O)c1ccccc1Cl. The van der Waals surface area contributed by atoms with Gasteiger partial charge in [0.15, 0.2) is 0 Å². The van der Waals surface area contributed by atoms with Crippen LogP contribution in [0.15, 0.2) is 24.3 Å². The van der Waals surface area contributed by atoms with Crippen LogP contribution in [0.3, 0.4) is 0 Å². The predicted molar refractivity (Wildman–Crippen MR) is 68.8 cm³/mol. The van der Waals surface area contributed by atoms with Crippen LogP contribution < -0.4 is 5.32 Å². The van der Waals surface area contributed by atoms with Crippen LogP contribution in [0.5, 0.6) is 0 Å². The van der Waals surface area contributed by atoms with Crippen molar-refractivity contribution in [2.24, 2.45) is 0 Å². The Balaban J connectivity index is 1.99. The zero-order valence-electron chi connectivity index (χ0n) is 10.1. The van der Waals surface area contributed by atoms with Crippen LogP contribution in [0.2, 0.25) is 5.02 Å². The summed E-state index contributed by atoms with van der Waals surface area (Å²) in [5, 5.41) is 13.4. The fraction of sp³-hybridized carbons (Fsp3) is 0.462. The molecule has 0 aliphatic carbocycles. The number of halogens is 1. The van der Waals surface area contributed by atoms with E-state index >= 15 is 0 Å². The first kappa shape index (κ1) is 13.3. The molecule has 1 amide bonds. The van der Waals surface area contributed by atoms with Crippen molar-refractivity contribution in [3.05, 3.63) is 34.9 Å². The Morgan fingerprint density at radius 3 is 2.94 bits per heavy atom. The summed E-state index contributed by atoms with van der Waals surface area (Å²) in [6, 6.07) is 6.82. The molecule has 0 saturated carbocycles. The average Bonchev–Trinajstić information content (AvgIpc) is 2.68. The second kappa shape index (κ2) is 5.26. The molecule has 18 heavy (non-hydrogen) atoms. The van der Waals surface area contributed by atoms with Gasteiger partial charge >= 0.3 is 0 Å². The minimum atomic E-state index is -0.989. The predicted octanol–water partition coefficient (Wildman–Crippen LogP) is 1.61. The van der Waals surface area contributed by atoms with Crippen LogP contribution in [0.25, 0.3) is 0 Å². The van der Waals surface area contributed by atoms with Gasteiger partial charge in [-0.3, -0.25) is 4.79 Å². The van der Waals surface area contributed by atoms with Crippen molar-refractivity contribution in [3.8, 4) is 0 Å². The molecule has 1 saturated heterocycles. The van der Waals surface area contributed by atoms with Crippen LogP contribution in [-0.4, -0.2) is 35.9 Å². The van der Waals surface area contributed by atoms with Crippen LogP contribution in [0, 0.1) is 0 Å². The lowest BCUT2D eigenvalue weighted by Crippen LogP contribution is -2.47. The summed E-state index contributed by atoms with van der Waals surface area (Å²) in [4.78, 5) is 11.9. The van der Waals surface area contributed by atoms with Crippen molar-refractivity contribution in [2.75, 3.05) is 13.2 Å². The average molecular weight is 270 g/mol. The summed E-state index contributed by atoms with van der Waals surface area (Å²) in [5.74, 6) is -0.284. The number of carbonyl (C=O) groups is 1. The van der Waals surface area contributed by atoms with Crippen molar-refractivity contribution >= 4 is 17.5 Å². The molecule has 0 bridgehead atoms. The molecular weight excluding hydrogens is 254 g/mol. The molecule has 98 valence electrons. The molecule has 1 aliphatic rings. The van der Waals surface area contributed by atoms with E-state index in [0.717, 1.165) is 0 Å². The molecule has 5 heteroatoms. The highest BCUT2D eigenvalue weighted by molar-refractivity contribution is 6.33. The van der Waals surface area contributed by atoms with Crippen molar-refractivity contribution in [1.82, 2.24) is 5.32 Å². The van der Waals surface area contributed by atoms with Gasteiger partial charge in [-0.2, -0.15) is 0 Å². The zero-order valence-corrected chi connectivity index (χ0v) is 10.9. The number of benzene rings is 1. The van der Waals surface area contributed by atoms with E-state index in [1.165, 1.54) is 0 Å². The molecule has 4 nitrogen and oxygen atoms in total. The van der Waals surface area contributed by atoms with Crippen molar-refractivity contribution in [1.29, 1.82) is 0 Å². The summed E-state index contributed by atoms with van der Waals surface area (Å²) in [7, 11) is 0. The van der Waals surface area contributed by atoms with Crippen LogP contribution in [0.1, 0.15) is 23.7 Å². The molecule has 2 unspecified atom stereocenters. The van der Waals surface area contributed by atoms with Gasteiger partial charge < -0.3 is 15.2 Å². The van der Waals surface area contributed by atoms with Crippen molar-refractivity contribution < 1.29 is 14.6 Å². The Morgan fingerprint density at radius 2 is 2.33 bits per heavy atom. The van der Waals surface area contributed by atoms with Gasteiger partial charge in [-0.1, -0.05) is 23.7 Å². The van der Waals surface area contributed by atoms with Gasteiger partial charge in [-0.15, -0.1) is 0 Å². The Morgan fingerprint density at radius 1 is 1.61 bits per heavy atom. The molecule has 1 aromatic rings. The van der Waals surface area contributed by atoms with Crippen molar-refractivity contribution in [2.45, 2.75) is 25.0 Å². The maximum absolute atomic E-state index is 11.9. The quantitative estimate of drug-likeness (QED) is 0.877. The minimum absolute atomic E-state index is 0.165. The van der Waals surface area contributed by atoms with Gasteiger partial charge in [0.1, 0.15) is 5.60 Å². The largest absolute Gasteiger partial charge is 0.385 e. The summed E-state index contributed by atoms with van der Waals surface area (Å²) < 4.78 is 5.30. The number of carbonyl (C=O) groups excluding carboxylic acids is 1. The Labute approximate surface area is 111 Å². The van der Waals surface area contributed by atoms with E-state index in [1.54, 1.807) is 31.2 Å². The summed E-state index contributed by atoms with van der Waals surface area (Å²) in [6.45, 7) is 2.48. The van der Waals surface area contributed by atoms with E-state index in [1.807, 2.05) is 0 Å². The monoisotopic (exact) mass is 269 g/mol. The fourth-order valence-corrected chi connectivity index (χ4v) is 2.20. The first-order valence-electron chi connectivity index (χ1n) is 5.90. The highest BCUT2D eigenvalue weighted by Gasteiger charge is 2.39. The summed E-state index contributed by atoms with van der Waals surface area (Å²) in [6.07, 6.45) is 0.251. The second-order valence-corrected chi connectivity index (χ2v) is 4.94. The lowest BCUT2D eigenvalue weighted by atomic mass is 9.96. The van der Waals surface area contributed by atoms with Gasteiger partial charge in [0.05, 0.1) is 16.7 Å². The van der Waals surface area contributed by atoms with E-state index in [-0.39, 0.29) is 18.6 Å². The van der Waals surface area contributed by atoms with Gasteiger partial charge in [0.25, 0.3) is 5.91 Å². The van der Waals surface area contributed by atoms with E-state index in [0.29, 0.717) is 23.6 Å². The topological polar surface area (TPSA) is 58.6 Å². The number of ether oxygens (including phenoxy) is 1. The van der Waals surface area contributed by atoms with Gasteiger partial charge in [0.2, 0.25) is 0 Å². The molecule has 0 aromatic heterocycles. The Bertz CT molecular complexity index is 452. The normalized spacial score (nSPS) is 27.2. The molecule has 1 aromatic carbocycles. The highest BCUT2D eigenvalue weighted by atomic mass is 35.5. The second-order valence-electron chi connectivity index (χ2n) is 4.53. The molecule has 2 rings (SSSR count). The number of hydrogen-bond donors (Lipinski definition) is 2. The third kappa shape index (κ3) is 2.66. The Hall–Kier alpha value is -1.10. The molecule has 1 aliphatic heterocycles. The third-order valence-electron chi connectivity index (χ3n) is 3.33. The fourth-order valence-electron chi connectivity index (χ4n) is 1.98. The van der Waals surface area contributed by atoms with E-state index < -0.39 is 5.60 Å². The maximum atomic E-state index is 11.9. The lowest BCUT2D eigenvalue weighted by Gasteiger charge is -2.26.